The second kappa shape index (κ2) is 6.98. The molecule has 0 amide bonds. The highest BCUT2D eigenvalue weighted by Crippen LogP contribution is 2.65. The smallest absolute Gasteiger partial charge is 0.475 e. The number of carboxylic acids is 1. The summed E-state index contributed by atoms with van der Waals surface area (Å²) in [5, 5.41) is 7.12. The lowest BCUT2D eigenvalue weighted by Crippen LogP contribution is -2.65. The zero-order chi connectivity index (χ0) is 20.1. The molecule has 2 bridgehead atoms. The highest BCUT2D eigenvalue weighted by molar-refractivity contribution is 6.47. The van der Waals surface area contributed by atoms with Gasteiger partial charge in [-0.3, -0.25) is 0 Å². The van der Waals surface area contributed by atoms with E-state index in [0.29, 0.717) is 17.3 Å². The van der Waals surface area contributed by atoms with Crippen LogP contribution in [0.2, 0.25) is 0 Å². The fourth-order valence-electron chi connectivity index (χ4n) is 4.74. The number of rotatable bonds is 3. The average Bonchev–Trinajstić information content (AvgIpc) is 2.83. The molecule has 1 aliphatic heterocycles. The molecule has 3 N–H and O–H groups in total. The third-order valence-electron chi connectivity index (χ3n) is 6.30. The van der Waals surface area contributed by atoms with E-state index in [9.17, 15) is 13.2 Å². The summed E-state index contributed by atoms with van der Waals surface area (Å²) in [4.78, 5) is 8.90. The van der Waals surface area contributed by atoms with Crippen LogP contribution in [0.25, 0.3) is 0 Å². The SMILES string of the molecule is CC(C)C[C@H](N)B1O[C@@H]2C[C@@H]3C[C@@H](C3(C)C)C2(C)O1.O=C(O)C(F)(F)F. The summed E-state index contributed by atoms with van der Waals surface area (Å²) in [5.74, 6) is -0.739. The van der Waals surface area contributed by atoms with Crippen molar-refractivity contribution in [1.82, 2.24) is 0 Å². The van der Waals surface area contributed by atoms with Crippen LogP contribution in [-0.4, -0.2) is 42.0 Å². The molecule has 4 rings (SSSR count). The number of hydrogen-bond acceptors (Lipinski definition) is 4. The van der Waals surface area contributed by atoms with Crippen molar-refractivity contribution in [3.05, 3.63) is 0 Å². The Balaban J connectivity index is 0.000000298. The summed E-state index contributed by atoms with van der Waals surface area (Å²) in [6, 6.07) is 0. The molecule has 4 fully saturated rings. The van der Waals surface area contributed by atoms with Crippen molar-refractivity contribution >= 4 is 13.1 Å². The van der Waals surface area contributed by atoms with Crippen molar-refractivity contribution < 1.29 is 32.4 Å². The zero-order valence-corrected chi connectivity index (χ0v) is 16.0. The number of aliphatic carboxylic acids is 1. The molecule has 26 heavy (non-hydrogen) atoms. The van der Waals surface area contributed by atoms with Crippen molar-refractivity contribution in [3.8, 4) is 0 Å². The van der Waals surface area contributed by atoms with E-state index >= 15 is 0 Å². The number of hydrogen-bond donors (Lipinski definition) is 2. The number of carbonyl (C=O) groups is 1. The van der Waals surface area contributed by atoms with Crippen LogP contribution in [0.4, 0.5) is 13.2 Å². The second-order valence-electron chi connectivity index (χ2n) is 8.93. The predicted molar refractivity (Wildman–Crippen MR) is 91.2 cm³/mol. The molecule has 0 aromatic heterocycles. The molecule has 150 valence electrons. The Morgan fingerprint density at radius 1 is 1.31 bits per heavy atom. The first-order valence-electron chi connectivity index (χ1n) is 9.08. The van der Waals surface area contributed by atoms with Gasteiger partial charge in [0, 0.05) is 5.94 Å². The molecular formula is C17H29BF3NO4. The Morgan fingerprint density at radius 3 is 2.27 bits per heavy atom. The molecule has 0 spiro atoms. The molecular weight excluding hydrogens is 350 g/mol. The maximum absolute atomic E-state index is 10.6. The number of halogens is 3. The minimum Gasteiger partial charge on any atom is -0.475 e. The van der Waals surface area contributed by atoms with Gasteiger partial charge in [-0.25, -0.2) is 4.79 Å². The maximum atomic E-state index is 10.6. The van der Waals surface area contributed by atoms with Crippen molar-refractivity contribution in [3.63, 3.8) is 0 Å². The van der Waals surface area contributed by atoms with E-state index < -0.39 is 12.1 Å². The lowest BCUT2D eigenvalue weighted by Gasteiger charge is -2.64. The van der Waals surface area contributed by atoms with Crippen LogP contribution in [0.15, 0.2) is 0 Å². The summed E-state index contributed by atoms with van der Waals surface area (Å²) >= 11 is 0. The zero-order valence-electron chi connectivity index (χ0n) is 16.0. The molecule has 0 aromatic rings. The molecule has 1 unspecified atom stereocenters. The van der Waals surface area contributed by atoms with Gasteiger partial charge >= 0.3 is 19.3 Å². The van der Waals surface area contributed by atoms with Crippen molar-refractivity contribution in [2.24, 2.45) is 28.9 Å². The van der Waals surface area contributed by atoms with E-state index in [1.54, 1.807) is 0 Å². The van der Waals surface area contributed by atoms with Crippen molar-refractivity contribution in [2.75, 3.05) is 0 Å². The minimum absolute atomic E-state index is 0.00253. The minimum atomic E-state index is -5.08. The van der Waals surface area contributed by atoms with E-state index in [0.717, 1.165) is 18.8 Å². The van der Waals surface area contributed by atoms with E-state index in [2.05, 4.69) is 34.6 Å². The fourth-order valence-corrected chi connectivity index (χ4v) is 4.74. The normalized spacial score (nSPS) is 35.9. The van der Waals surface area contributed by atoms with Crippen LogP contribution in [0.1, 0.15) is 53.9 Å². The number of nitrogens with two attached hydrogens (primary N) is 1. The summed E-state index contributed by atoms with van der Waals surface area (Å²) < 4.78 is 44.3. The third-order valence-corrected chi connectivity index (χ3v) is 6.30. The van der Waals surface area contributed by atoms with Crippen LogP contribution in [0.5, 0.6) is 0 Å². The maximum Gasteiger partial charge on any atom is 0.490 e. The average molecular weight is 379 g/mol. The van der Waals surface area contributed by atoms with E-state index in [-0.39, 0.29) is 24.8 Å². The van der Waals surface area contributed by atoms with E-state index in [1.807, 2.05) is 0 Å². The highest BCUT2D eigenvalue weighted by Gasteiger charge is 2.68. The van der Waals surface area contributed by atoms with Gasteiger partial charge in [-0.15, -0.1) is 0 Å². The predicted octanol–water partition coefficient (Wildman–Crippen LogP) is 3.26. The van der Waals surface area contributed by atoms with Gasteiger partial charge in [0.05, 0.1) is 11.7 Å². The molecule has 1 saturated heterocycles. The Kier molecular flexibility index (Phi) is 5.77. The van der Waals surface area contributed by atoms with Gasteiger partial charge in [-0.1, -0.05) is 27.7 Å². The third kappa shape index (κ3) is 3.89. The standard InChI is InChI=1S/C15H28BNO2.C2HF3O2/c1-9(2)6-13(17)16-18-12-8-10-7-11(14(10,3)4)15(12,5)19-16;3-2(4,5)1(6)7/h9-13H,6-8,17H2,1-5H3;(H,6,7)/t10-,11-,12+,13-,15?;/m0./s1. The molecule has 0 radical (unpaired) electrons. The van der Waals surface area contributed by atoms with Gasteiger partial charge in [0.25, 0.3) is 0 Å². The highest BCUT2D eigenvalue weighted by atomic mass is 19.4. The summed E-state index contributed by atoms with van der Waals surface area (Å²) in [7, 11) is -0.201. The van der Waals surface area contributed by atoms with Gasteiger partial charge in [0.1, 0.15) is 0 Å². The van der Waals surface area contributed by atoms with Crippen LogP contribution in [0, 0.1) is 23.2 Å². The lowest BCUT2D eigenvalue weighted by molar-refractivity contribution is -0.199. The largest absolute Gasteiger partial charge is 0.490 e. The van der Waals surface area contributed by atoms with Gasteiger partial charge in [-0.2, -0.15) is 13.2 Å². The second-order valence-corrected chi connectivity index (χ2v) is 8.93. The first-order chi connectivity index (χ1) is 11.7. The van der Waals surface area contributed by atoms with Crippen LogP contribution in [-0.2, 0) is 14.1 Å². The number of alkyl halides is 3. The van der Waals surface area contributed by atoms with Gasteiger partial charge < -0.3 is 20.1 Å². The Morgan fingerprint density at radius 2 is 1.85 bits per heavy atom. The summed E-state index contributed by atoms with van der Waals surface area (Å²) in [6.45, 7) is 11.4. The quantitative estimate of drug-likeness (QED) is 0.736. The molecule has 5 nitrogen and oxygen atoms in total. The van der Waals surface area contributed by atoms with Crippen LogP contribution >= 0.6 is 0 Å². The Bertz CT molecular complexity index is 543. The van der Waals surface area contributed by atoms with E-state index in [1.165, 1.54) is 6.42 Å². The first-order valence-corrected chi connectivity index (χ1v) is 9.08. The molecule has 9 heteroatoms. The topological polar surface area (TPSA) is 81.8 Å². The van der Waals surface area contributed by atoms with Gasteiger partial charge in [-0.05, 0) is 49.4 Å². The Hall–Kier alpha value is -0.795. The molecule has 1 heterocycles. The van der Waals surface area contributed by atoms with E-state index in [4.69, 9.17) is 24.9 Å². The van der Waals surface area contributed by atoms with Gasteiger partial charge in [0.2, 0.25) is 0 Å². The van der Waals surface area contributed by atoms with Crippen LogP contribution < -0.4 is 5.73 Å². The number of carboxylic acid groups (broad SMARTS) is 1. The summed E-state index contributed by atoms with van der Waals surface area (Å²) in [5.41, 5.74) is 6.56. The first kappa shape index (κ1) is 21.5. The summed E-state index contributed by atoms with van der Waals surface area (Å²) in [6.07, 6.45) is -1.42. The van der Waals surface area contributed by atoms with Crippen molar-refractivity contribution in [1.29, 1.82) is 0 Å². The van der Waals surface area contributed by atoms with Gasteiger partial charge in [0.15, 0.2) is 0 Å². The monoisotopic (exact) mass is 379 g/mol. The molecule has 4 aliphatic rings. The Labute approximate surface area is 152 Å². The molecule has 5 atom stereocenters. The molecule has 3 saturated carbocycles. The fraction of sp³-hybridized carbons (Fsp3) is 0.941. The lowest BCUT2D eigenvalue weighted by atomic mass is 9.43. The van der Waals surface area contributed by atoms with Crippen molar-refractivity contribution in [2.45, 2.75) is 77.7 Å². The van der Waals surface area contributed by atoms with Crippen LogP contribution in [0.3, 0.4) is 0 Å². The molecule has 3 aliphatic carbocycles. The molecule has 0 aromatic carbocycles.